The second-order valence-electron chi connectivity index (χ2n) is 15.6. The zero-order valence-electron chi connectivity index (χ0n) is 29.8. The molecule has 0 spiro atoms. The monoisotopic (exact) mass is 711 g/mol. The van der Waals surface area contributed by atoms with Gasteiger partial charge in [-0.25, -0.2) is 4.79 Å². The van der Waals surface area contributed by atoms with E-state index in [2.05, 4.69) is 16.0 Å². The Hall–Kier alpha value is -2.99. The minimum atomic E-state index is -4.89. The van der Waals surface area contributed by atoms with Crippen LogP contribution in [0, 0.1) is 28.1 Å². The Morgan fingerprint density at radius 3 is 1.90 bits per heavy atom. The molecule has 0 aromatic heterocycles. The summed E-state index contributed by atoms with van der Waals surface area (Å²) in [5, 5.41) is 9.53. The van der Waals surface area contributed by atoms with E-state index in [0.29, 0.717) is 0 Å². The van der Waals surface area contributed by atoms with Crippen LogP contribution in [0.15, 0.2) is 0 Å². The number of nitrogens with zero attached hydrogens (tertiary/aromatic N) is 3. The number of carbonyl (C=O) groups excluding carboxylic acids is 5. The van der Waals surface area contributed by atoms with Crippen molar-refractivity contribution < 1.29 is 45.6 Å². The van der Waals surface area contributed by atoms with Crippen molar-refractivity contribution in [2.45, 2.75) is 92.2 Å². The van der Waals surface area contributed by atoms with Gasteiger partial charge in [-0.15, -0.1) is 0 Å². The number of hydrogen-bond donors (Lipinski definition) is 4. The van der Waals surface area contributed by atoms with Gasteiger partial charge in [-0.1, -0.05) is 55.4 Å². The van der Waals surface area contributed by atoms with Crippen LogP contribution in [0.2, 0.25) is 0 Å². The molecule has 18 heteroatoms. The minimum absolute atomic E-state index is 0.0790. The maximum Gasteiger partial charge on any atom is 0.391 e. The fourth-order valence-electron chi connectivity index (χ4n) is 6.10. The minimum Gasteiger partial charge on any atom is -0.353 e. The molecule has 1 aliphatic carbocycles. The van der Waals surface area contributed by atoms with E-state index in [9.17, 15) is 45.6 Å². The SMILES string of the molecule is CNC(=O)C(=O)C(CC(F)(F)F)NC(=O)[C@@H]1[C@@H]2[C@H](CN1C(=O)[C@@H](NC(=O)N[C@H](CN(C)S(=O)(=O)N(C)C)C(C)(C)C)C(C)(C)C)C2(C)C. The van der Waals surface area contributed by atoms with Gasteiger partial charge in [-0.3, -0.25) is 19.2 Å². The second kappa shape index (κ2) is 14.1. The molecule has 1 heterocycles. The fraction of sp³-hybridized carbons (Fsp3) is 0.833. The summed E-state index contributed by atoms with van der Waals surface area (Å²) in [6.07, 6.45) is -6.67. The fourth-order valence-corrected chi connectivity index (χ4v) is 7.00. The van der Waals surface area contributed by atoms with E-state index in [0.717, 1.165) is 15.7 Å². The molecule has 2 fully saturated rings. The molecule has 14 nitrogen and oxygen atoms in total. The lowest BCUT2D eigenvalue weighted by molar-refractivity contribution is -0.155. The number of alkyl halides is 3. The number of amides is 5. The Balaban J connectivity index is 2.38. The summed E-state index contributed by atoms with van der Waals surface area (Å²) in [7, 11) is 1.41. The van der Waals surface area contributed by atoms with Gasteiger partial charge in [-0.05, 0) is 28.1 Å². The average Bonchev–Trinajstić information content (AvgIpc) is 3.24. The van der Waals surface area contributed by atoms with Crippen molar-refractivity contribution in [3.05, 3.63) is 0 Å². The highest BCUT2D eigenvalue weighted by molar-refractivity contribution is 7.86. The van der Waals surface area contributed by atoms with Gasteiger partial charge in [0.25, 0.3) is 16.1 Å². The largest absolute Gasteiger partial charge is 0.391 e. The van der Waals surface area contributed by atoms with Crippen molar-refractivity contribution in [1.29, 1.82) is 0 Å². The van der Waals surface area contributed by atoms with Crippen LogP contribution in [0.1, 0.15) is 61.8 Å². The first-order chi connectivity index (χ1) is 21.5. The van der Waals surface area contributed by atoms with Gasteiger partial charge in [0, 0.05) is 47.3 Å². The van der Waals surface area contributed by atoms with E-state index in [-0.39, 0.29) is 19.0 Å². The number of piperidine rings is 1. The van der Waals surface area contributed by atoms with Crippen LogP contribution in [0.5, 0.6) is 0 Å². The lowest BCUT2D eigenvalue weighted by atomic mass is 9.85. The van der Waals surface area contributed by atoms with Gasteiger partial charge < -0.3 is 26.2 Å². The molecule has 2 aliphatic rings. The third-order valence-corrected chi connectivity index (χ3v) is 11.2. The quantitative estimate of drug-likeness (QED) is 0.219. The van der Waals surface area contributed by atoms with Gasteiger partial charge in [0.15, 0.2) is 0 Å². The highest BCUT2D eigenvalue weighted by atomic mass is 32.2. The van der Waals surface area contributed by atoms with Crippen molar-refractivity contribution >= 4 is 39.7 Å². The van der Waals surface area contributed by atoms with Crippen molar-refractivity contribution in [1.82, 2.24) is 34.8 Å². The third-order valence-electron chi connectivity index (χ3n) is 9.31. The highest BCUT2D eigenvalue weighted by Gasteiger charge is 2.70. The van der Waals surface area contributed by atoms with Crippen molar-refractivity contribution in [2.75, 3.05) is 41.3 Å². The van der Waals surface area contributed by atoms with E-state index in [1.807, 2.05) is 39.9 Å². The molecule has 1 aliphatic heterocycles. The normalized spacial score (nSPS) is 22.8. The summed E-state index contributed by atoms with van der Waals surface area (Å²) >= 11 is 0. The molecule has 2 rings (SSSR count). The molecule has 48 heavy (non-hydrogen) atoms. The molecular weight excluding hydrogens is 659 g/mol. The Kier molecular flexibility index (Phi) is 12.1. The van der Waals surface area contributed by atoms with E-state index in [4.69, 9.17) is 0 Å². The van der Waals surface area contributed by atoms with Crippen LogP contribution in [0.25, 0.3) is 0 Å². The van der Waals surface area contributed by atoms with E-state index < -0.39 is 98.7 Å². The molecule has 5 amide bonds. The molecule has 0 radical (unpaired) electrons. The van der Waals surface area contributed by atoms with Gasteiger partial charge in [0.2, 0.25) is 17.6 Å². The summed E-state index contributed by atoms with van der Waals surface area (Å²) in [6.45, 7) is 14.2. The van der Waals surface area contributed by atoms with Gasteiger partial charge in [0.1, 0.15) is 18.1 Å². The van der Waals surface area contributed by atoms with Crippen molar-refractivity contribution in [3.8, 4) is 0 Å². The first-order valence-electron chi connectivity index (χ1n) is 15.6. The number of halogens is 3. The molecule has 1 saturated carbocycles. The molecule has 276 valence electrons. The molecule has 6 atom stereocenters. The number of likely N-dealkylation sites (tertiary alicyclic amines) is 1. The first kappa shape index (κ1) is 41.2. The lowest BCUT2D eigenvalue weighted by Gasteiger charge is -2.39. The van der Waals surface area contributed by atoms with Crippen LogP contribution < -0.4 is 21.3 Å². The maximum absolute atomic E-state index is 14.2. The zero-order chi connectivity index (χ0) is 37.5. The Bertz CT molecular complexity index is 1370. The van der Waals surface area contributed by atoms with Crippen LogP contribution in [-0.2, 0) is 29.4 Å². The molecular formula is C30H52F3N7O7S. The number of carbonyl (C=O) groups is 5. The molecule has 1 unspecified atom stereocenters. The molecule has 0 aromatic carbocycles. The van der Waals surface area contributed by atoms with Gasteiger partial charge in [0.05, 0.1) is 6.42 Å². The number of Topliss-reactive ketones (excluding diaryl/α,β-unsaturated/α-hetero) is 1. The summed E-state index contributed by atoms with van der Waals surface area (Å²) in [5.74, 6) is -5.09. The molecule has 0 bridgehead atoms. The van der Waals surface area contributed by atoms with Gasteiger partial charge in [-0.2, -0.15) is 30.2 Å². The highest BCUT2D eigenvalue weighted by Crippen LogP contribution is 2.65. The van der Waals surface area contributed by atoms with Crippen LogP contribution >= 0.6 is 0 Å². The predicted octanol–water partition coefficient (Wildman–Crippen LogP) is 1.09. The molecule has 4 N–H and O–H groups in total. The number of hydrogen-bond acceptors (Lipinski definition) is 7. The summed E-state index contributed by atoms with van der Waals surface area (Å²) in [4.78, 5) is 67.0. The smallest absolute Gasteiger partial charge is 0.353 e. The van der Waals surface area contributed by atoms with E-state index in [1.54, 1.807) is 20.8 Å². The molecule has 0 aromatic rings. The zero-order valence-corrected chi connectivity index (χ0v) is 30.6. The Morgan fingerprint density at radius 1 is 0.917 bits per heavy atom. The topological polar surface area (TPSA) is 177 Å². The number of ketones is 1. The number of rotatable bonds is 12. The third kappa shape index (κ3) is 9.37. The van der Waals surface area contributed by atoms with Crippen LogP contribution in [0.3, 0.4) is 0 Å². The summed E-state index contributed by atoms with van der Waals surface area (Å²) in [6, 6.07) is -6.19. The summed E-state index contributed by atoms with van der Waals surface area (Å²) < 4.78 is 67.6. The van der Waals surface area contributed by atoms with Crippen molar-refractivity contribution in [2.24, 2.45) is 28.1 Å². The number of likely N-dealkylation sites (N-methyl/N-ethyl adjacent to an activating group) is 2. The second-order valence-corrected chi connectivity index (χ2v) is 17.9. The van der Waals surface area contributed by atoms with E-state index >= 15 is 0 Å². The predicted molar refractivity (Wildman–Crippen MR) is 171 cm³/mol. The standard InChI is InChI=1S/C30H52F3N7O7S/c1-27(2,3)18(15-39(12)48(46,47)38(10)11)36-26(45)37-22(28(4,5)6)25(44)40-14-16-19(29(16,7)8)20(40)23(42)35-17(13-30(31,32)33)21(41)24(43)34-9/h16-20,22H,13-15H2,1-12H3,(H,34,43)(H,35,42)(H2,36,37,45)/t16-,17?,18+,19-,20-,22+/m0/s1. The van der Waals surface area contributed by atoms with Crippen molar-refractivity contribution in [3.63, 3.8) is 0 Å². The lowest BCUT2D eigenvalue weighted by Crippen LogP contribution is -2.63. The average molecular weight is 712 g/mol. The van der Waals surface area contributed by atoms with Gasteiger partial charge >= 0.3 is 12.2 Å². The first-order valence-corrected chi connectivity index (χ1v) is 17.0. The van der Waals surface area contributed by atoms with Crippen LogP contribution in [0.4, 0.5) is 18.0 Å². The number of fused-ring (bicyclic) bond motifs is 1. The van der Waals surface area contributed by atoms with Crippen LogP contribution in [-0.4, -0.2) is 123 Å². The number of nitrogens with one attached hydrogen (secondary N) is 4. The Morgan fingerprint density at radius 2 is 1.46 bits per heavy atom. The number of urea groups is 1. The Labute approximate surface area is 281 Å². The summed E-state index contributed by atoms with van der Waals surface area (Å²) in [5.41, 5.74) is -1.99. The molecule has 1 saturated heterocycles. The maximum atomic E-state index is 14.2. The van der Waals surface area contributed by atoms with E-state index in [1.165, 1.54) is 26.0 Å².